The first-order chi connectivity index (χ1) is 32.7. The second-order valence-corrected chi connectivity index (χ2v) is 18.2. The lowest BCUT2D eigenvalue weighted by atomic mass is 9.98. The van der Waals surface area contributed by atoms with Gasteiger partial charge < -0.3 is 8.83 Å². The Labute approximate surface area is 379 Å². The SMILES string of the molecule is c1ccc2c(c1)ccc1sc3cc(-c4cccc5c6c7ccccc7ccc6n(-c6nc(-c7ccc8c(c7)oc7ccccc78)nc(-c7ccc8c(c7)oc7ccccc78)n6)c45)ccc3c12. The van der Waals surface area contributed by atoms with Crippen LogP contribution in [0.5, 0.6) is 0 Å². The van der Waals surface area contributed by atoms with E-state index < -0.39 is 0 Å². The number of hydrogen-bond donors (Lipinski definition) is 0. The van der Waals surface area contributed by atoms with Gasteiger partial charge in [-0.05, 0) is 81.7 Å². The van der Waals surface area contributed by atoms with Crippen molar-refractivity contribution < 1.29 is 8.83 Å². The summed E-state index contributed by atoms with van der Waals surface area (Å²) >= 11 is 1.85. The summed E-state index contributed by atoms with van der Waals surface area (Å²) < 4.78 is 17.6. The lowest BCUT2D eigenvalue weighted by molar-refractivity contribution is 0.668. The van der Waals surface area contributed by atoms with E-state index >= 15 is 0 Å². The Hall–Kier alpha value is -8.65. The van der Waals surface area contributed by atoms with Gasteiger partial charge in [-0.1, -0.05) is 140 Å². The molecule has 0 aliphatic rings. The van der Waals surface area contributed by atoms with Crippen molar-refractivity contribution >= 4 is 119 Å². The van der Waals surface area contributed by atoms with Crippen LogP contribution in [0.3, 0.4) is 0 Å². The Morgan fingerprint density at radius 3 is 1.59 bits per heavy atom. The first-order valence-corrected chi connectivity index (χ1v) is 22.9. The minimum atomic E-state index is 0.515. The smallest absolute Gasteiger partial charge is 0.238 e. The fourth-order valence-electron chi connectivity index (χ4n) is 10.4. The largest absolute Gasteiger partial charge is 0.456 e. The van der Waals surface area contributed by atoms with Crippen molar-refractivity contribution in [3.8, 4) is 39.9 Å². The molecule has 0 aliphatic carbocycles. The molecule has 0 unspecified atom stereocenters. The molecule has 7 heteroatoms. The van der Waals surface area contributed by atoms with E-state index in [1.807, 2.05) is 47.7 Å². The summed E-state index contributed by atoms with van der Waals surface area (Å²) in [6.07, 6.45) is 0. The molecule has 0 bridgehead atoms. The Kier molecular flexibility index (Phi) is 7.28. The van der Waals surface area contributed by atoms with Crippen LogP contribution in [0.2, 0.25) is 0 Å². The summed E-state index contributed by atoms with van der Waals surface area (Å²) in [4.78, 5) is 16.1. The minimum absolute atomic E-state index is 0.515. The molecule has 5 heterocycles. The van der Waals surface area contributed by atoms with Gasteiger partial charge >= 0.3 is 0 Å². The predicted octanol–water partition coefficient (Wildman–Crippen LogP) is 16.4. The van der Waals surface area contributed by atoms with Crippen LogP contribution in [0.15, 0.2) is 203 Å². The minimum Gasteiger partial charge on any atom is -0.456 e. The van der Waals surface area contributed by atoms with Crippen LogP contribution in [-0.2, 0) is 0 Å². The van der Waals surface area contributed by atoms with Crippen LogP contribution in [0.1, 0.15) is 0 Å². The van der Waals surface area contributed by atoms with Crippen LogP contribution in [0, 0.1) is 0 Å². The fraction of sp³-hybridized carbons (Fsp3) is 0. The summed E-state index contributed by atoms with van der Waals surface area (Å²) in [5, 5.41) is 14.0. The van der Waals surface area contributed by atoms with Gasteiger partial charge in [0.2, 0.25) is 5.95 Å². The zero-order valence-corrected chi connectivity index (χ0v) is 35.8. The van der Waals surface area contributed by atoms with Crippen molar-refractivity contribution in [1.82, 2.24) is 19.5 Å². The Bertz CT molecular complexity index is 4420. The van der Waals surface area contributed by atoms with Gasteiger partial charge in [-0.2, -0.15) is 9.97 Å². The highest BCUT2D eigenvalue weighted by Crippen LogP contribution is 2.45. The van der Waals surface area contributed by atoms with Gasteiger partial charge in [0.05, 0.1) is 11.0 Å². The predicted molar refractivity (Wildman–Crippen MR) is 273 cm³/mol. The van der Waals surface area contributed by atoms with Crippen LogP contribution in [-0.4, -0.2) is 19.5 Å². The van der Waals surface area contributed by atoms with E-state index in [2.05, 4.69) is 162 Å². The third kappa shape index (κ3) is 5.14. The number of thiophene rings is 1. The van der Waals surface area contributed by atoms with Crippen LogP contribution < -0.4 is 0 Å². The van der Waals surface area contributed by atoms with Crippen molar-refractivity contribution in [2.75, 3.05) is 0 Å². The molecule has 0 amide bonds. The maximum Gasteiger partial charge on any atom is 0.238 e. The number of benzene rings is 10. The second-order valence-electron chi connectivity index (χ2n) is 17.1. The van der Waals surface area contributed by atoms with Crippen molar-refractivity contribution in [3.05, 3.63) is 194 Å². The van der Waals surface area contributed by atoms with Gasteiger partial charge in [-0.3, -0.25) is 4.57 Å². The Balaban J connectivity index is 1.02. The summed E-state index contributed by atoms with van der Waals surface area (Å²) in [6.45, 7) is 0. The summed E-state index contributed by atoms with van der Waals surface area (Å²) in [5.41, 5.74) is 9.13. The number of hydrogen-bond acceptors (Lipinski definition) is 6. The monoisotopic (exact) mass is 860 g/mol. The lowest BCUT2D eigenvalue weighted by Gasteiger charge is -2.13. The van der Waals surface area contributed by atoms with Crippen molar-refractivity contribution in [1.29, 1.82) is 0 Å². The Morgan fingerprint density at radius 2 is 0.909 bits per heavy atom. The van der Waals surface area contributed by atoms with E-state index in [1.165, 1.54) is 41.7 Å². The number of furan rings is 2. The third-order valence-electron chi connectivity index (χ3n) is 13.4. The number of rotatable bonds is 4. The molecule has 5 aromatic heterocycles. The van der Waals surface area contributed by atoms with E-state index in [4.69, 9.17) is 23.8 Å². The maximum atomic E-state index is 6.41. The van der Waals surface area contributed by atoms with Gasteiger partial charge in [0.15, 0.2) is 11.6 Å². The molecule has 15 aromatic rings. The fourth-order valence-corrected chi connectivity index (χ4v) is 11.6. The summed E-state index contributed by atoms with van der Waals surface area (Å²) in [6, 6.07) is 68.6. The molecule has 0 atom stereocenters. The van der Waals surface area contributed by atoms with E-state index in [0.717, 1.165) is 87.9 Å². The molecule has 66 heavy (non-hydrogen) atoms. The van der Waals surface area contributed by atoms with E-state index in [1.54, 1.807) is 0 Å². The summed E-state index contributed by atoms with van der Waals surface area (Å²) in [5.74, 6) is 1.59. The highest BCUT2D eigenvalue weighted by atomic mass is 32.1. The van der Waals surface area contributed by atoms with E-state index in [0.29, 0.717) is 17.6 Å². The lowest BCUT2D eigenvalue weighted by Crippen LogP contribution is -2.07. The van der Waals surface area contributed by atoms with Gasteiger partial charge in [0.25, 0.3) is 0 Å². The summed E-state index contributed by atoms with van der Waals surface area (Å²) in [7, 11) is 0. The molecule has 0 radical (unpaired) electrons. The standard InChI is InChI=1S/C59H32N4O2S/c1-3-12-38-33(10-1)23-28-47-54(38)46-17-9-16-40(35-20-27-45-53(32-35)66-52-29-24-34-11-2-4-13-39(34)55(45)52)56(46)63(47)59-61-57(36-21-25-43-41-14-5-7-18-48(41)64-50(43)30-36)60-58(62-59)37-22-26-44-42-15-6-8-19-49(42)65-51(44)31-37/h1-32H. The van der Waals surface area contributed by atoms with Crippen LogP contribution >= 0.6 is 11.3 Å². The normalized spacial score (nSPS) is 12.2. The molecule has 306 valence electrons. The van der Waals surface area contributed by atoms with Gasteiger partial charge in [-0.25, -0.2) is 4.98 Å². The van der Waals surface area contributed by atoms with E-state index in [9.17, 15) is 0 Å². The number of fused-ring (bicyclic) bond motifs is 16. The third-order valence-corrected chi connectivity index (χ3v) is 14.6. The highest BCUT2D eigenvalue weighted by molar-refractivity contribution is 7.26. The Morgan fingerprint density at radius 1 is 0.364 bits per heavy atom. The molecule has 0 saturated heterocycles. The van der Waals surface area contributed by atoms with Gasteiger partial charge in [-0.15, -0.1) is 11.3 Å². The van der Waals surface area contributed by atoms with Crippen molar-refractivity contribution in [2.24, 2.45) is 0 Å². The molecule has 0 spiro atoms. The molecule has 0 saturated carbocycles. The first kappa shape index (κ1) is 35.8. The molecular formula is C59H32N4O2S. The highest BCUT2D eigenvalue weighted by Gasteiger charge is 2.23. The first-order valence-electron chi connectivity index (χ1n) is 22.1. The topological polar surface area (TPSA) is 69.9 Å². The molecule has 15 rings (SSSR count). The number of aromatic nitrogens is 4. The average molecular weight is 861 g/mol. The molecule has 0 fully saturated rings. The van der Waals surface area contributed by atoms with Crippen LogP contribution in [0.25, 0.3) is 147 Å². The average Bonchev–Trinajstić information content (AvgIpc) is 4.14. The molecule has 10 aromatic carbocycles. The number of nitrogens with zero attached hydrogens (tertiary/aromatic N) is 4. The molecule has 0 aliphatic heterocycles. The van der Waals surface area contributed by atoms with Gasteiger partial charge in [0, 0.05) is 69.2 Å². The van der Waals surface area contributed by atoms with Crippen molar-refractivity contribution in [3.63, 3.8) is 0 Å². The number of para-hydroxylation sites is 3. The van der Waals surface area contributed by atoms with Crippen molar-refractivity contribution in [2.45, 2.75) is 0 Å². The molecule has 0 N–H and O–H groups in total. The van der Waals surface area contributed by atoms with Crippen LogP contribution in [0.4, 0.5) is 0 Å². The van der Waals surface area contributed by atoms with E-state index in [-0.39, 0.29) is 0 Å². The molecular weight excluding hydrogens is 829 g/mol. The maximum absolute atomic E-state index is 6.41. The zero-order valence-electron chi connectivity index (χ0n) is 35.0. The second kappa shape index (κ2) is 13.4. The quantitative estimate of drug-likeness (QED) is 0.176. The zero-order chi connectivity index (χ0) is 43.0. The molecule has 6 nitrogen and oxygen atoms in total. The van der Waals surface area contributed by atoms with Gasteiger partial charge in [0.1, 0.15) is 22.3 Å².